The van der Waals surface area contributed by atoms with Gasteiger partial charge in [-0.05, 0) is 24.3 Å². The van der Waals surface area contributed by atoms with E-state index in [2.05, 4.69) is 29.4 Å². The average Bonchev–Trinajstić information content (AvgIpc) is 2.93. The van der Waals surface area contributed by atoms with Gasteiger partial charge in [-0.15, -0.1) is 10.2 Å². The van der Waals surface area contributed by atoms with E-state index in [1.54, 1.807) is 16.7 Å². The number of carbonyl (C=O) groups is 1. The predicted octanol–water partition coefficient (Wildman–Crippen LogP) is 4.07. The van der Waals surface area contributed by atoms with Gasteiger partial charge in [-0.1, -0.05) is 61.7 Å². The summed E-state index contributed by atoms with van der Waals surface area (Å²) in [5.74, 6) is 1.49. The van der Waals surface area contributed by atoms with Crippen molar-refractivity contribution in [1.29, 1.82) is 0 Å². The third-order valence-electron chi connectivity index (χ3n) is 4.78. The summed E-state index contributed by atoms with van der Waals surface area (Å²) in [5.41, 5.74) is 0.540. The Morgan fingerprint density at radius 1 is 1.38 bits per heavy atom. The molecule has 0 unspecified atom stereocenters. The first-order valence-electron chi connectivity index (χ1n) is 8.07. The number of hydrogen-bond donors (Lipinski definition) is 1. The van der Waals surface area contributed by atoms with Gasteiger partial charge in [-0.25, -0.2) is 0 Å². The van der Waals surface area contributed by atoms with Crippen molar-refractivity contribution in [2.75, 3.05) is 5.75 Å². The van der Waals surface area contributed by atoms with Gasteiger partial charge in [0, 0.05) is 12.2 Å². The fraction of sp³-hybridized carbons (Fsp3) is 0.562. The first kappa shape index (κ1) is 17.8. The maximum atomic E-state index is 12.3. The fourth-order valence-electron chi connectivity index (χ4n) is 3.17. The van der Waals surface area contributed by atoms with Gasteiger partial charge in [0.15, 0.2) is 10.8 Å². The van der Waals surface area contributed by atoms with Crippen LogP contribution in [0.3, 0.4) is 0 Å². The molecule has 8 heteroatoms. The lowest BCUT2D eigenvalue weighted by Gasteiger charge is -2.34. The van der Waals surface area contributed by atoms with Crippen LogP contribution in [0.15, 0.2) is 17.4 Å². The van der Waals surface area contributed by atoms with Crippen LogP contribution in [-0.4, -0.2) is 32.3 Å². The number of fused-ring (bicyclic) bond motifs is 1. The second-order valence-corrected chi connectivity index (χ2v) is 8.20. The molecule has 2 aromatic rings. The first-order chi connectivity index (χ1) is 11.5. The number of halogens is 2. The van der Waals surface area contributed by atoms with Crippen LogP contribution in [0.4, 0.5) is 0 Å². The highest BCUT2D eigenvalue weighted by Crippen LogP contribution is 2.30. The number of nitrogens with one attached hydrogen (secondary N) is 1. The molecular formula is C16H20Cl2N4OS. The smallest absolute Gasteiger partial charge is 0.230 e. The minimum Gasteiger partial charge on any atom is -0.352 e. The molecular weight excluding hydrogens is 367 g/mol. The summed E-state index contributed by atoms with van der Waals surface area (Å²) in [5, 5.41) is 12.9. The fourth-order valence-corrected chi connectivity index (χ4v) is 4.39. The number of amides is 1. The molecule has 1 saturated carbocycles. The van der Waals surface area contributed by atoms with Crippen molar-refractivity contribution in [3.63, 3.8) is 0 Å². The van der Waals surface area contributed by atoms with E-state index in [0.717, 1.165) is 6.42 Å². The molecule has 0 aliphatic heterocycles. The molecule has 1 aliphatic rings. The second-order valence-electron chi connectivity index (χ2n) is 6.41. The van der Waals surface area contributed by atoms with Crippen LogP contribution in [0.25, 0.3) is 5.65 Å². The van der Waals surface area contributed by atoms with E-state index in [1.165, 1.54) is 24.6 Å². The zero-order valence-corrected chi connectivity index (χ0v) is 16.0. The molecule has 0 saturated heterocycles. The Bertz CT molecular complexity index is 751. The summed E-state index contributed by atoms with van der Waals surface area (Å²) in [7, 11) is 0. The van der Waals surface area contributed by atoms with Crippen molar-refractivity contribution < 1.29 is 4.79 Å². The Labute approximate surface area is 155 Å². The highest BCUT2D eigenvalue weighted by Gasteiger charge is 2.28. The molecule has 1 N–H and O–H groups in total. The van der Waals surface area contributed by atoms with Crippen LogP contribution in [0.1, 0.15) is 33.1 Å². The van der Waals surface area contributed by atoms with Crippen molar-refractivity contribution in [1.82, 2.24) is 19.9 Å². The summed E-state index contributed by atoms with van der Waals surface area (Å²) in [6.07, 6.45) is 5.18. The summed E-state index contributed by atoms with van der Waals surface area (Å²) >= 11 is 13.5. The van der Waals surface area contributed by atoms with Gasteiger partial charge >= 0.3 is 0 Å². The molecule has 3 atom stereocenters. The van der Waals surface area contributed by atoms with Crippen molar-refractivity contribution in [3.8, 4) is 0 Å². The van der Waals surface area contributed by atoms with Gasteiger partial charge in [-0.2, -0.15) is 0 Å². The molecule has 1 aliphatic carbocycles. The second kappa shape index (κ2) is 7.50. The Balaban J connectivity index is 1.62. The predicted molar refractivity (Wildman–Crippen MR) is 97.8 cm³/mol. The molecule has 24 heavy (non-hydrogen) atoms. The van der Waals surface area contributed by atoms with Crippen LogP contribution in [0.5, 0.6) is 0 Å². The van der Waals surface area contributed by atoms with Gasteiger partial charge in [0.05, 0.1) is 15.8 Å². The molecule has 0 bridgehead atoms. The Kier molecular flexibility index (Phi) is 5.57. The van der Waals surface area contributed by atoms with E-state index in [1.807, 2.05) is 0 Å². The highest BCUT2D eigenvalue weighted by atomic mass is 35.5. The van der Waals surface area contributed by atoms with Crippen LogP contribution >= 0.6 is 35.0 Å². The van der Waals surface area contributed by atoms with E-state index < -0.39 is 0 Å². The quantitative estimate of drug-likeness (QED) is 0.804. The molecule has 1 fully saturated rings. The maximum absolute atomic E-state index is 12.3. The zero-order valence-electron chi connectivity index (χ0n) is 13.6. The van der Waals surface area contributed by atoms with Crippen LogP contribution < -0.4 is 5.32 Å². The van der Waals surface area contributed by atoms with Crippen LogP contribution in [0.2, 0.25) is 10.0 Å². The zero-order chi connectivity index (χ0) is 17.3. The van der Waals surface area contributed by atoms with E-state index in [9.17, 15) is 4.79 Å². The summed E-state index contributed by atoms with van der Waals surface area (Å²) in [4.78, 5) is 12.3. The van der Waals surface area contributed by atoms with Crippen LogP contribution in [-0.2, 0) is 4.79 Å². The lowest BCUT2D eigenvalue weighted by molar-refractivity contribution is -0.120. The number of carbonyl (C=O) groups excluding carboxylic acids is 1. The third-order valence-corrected chi connectivity index (χ3v) is 6.21. The van der Waals surface area contributed by atoms with Gasteiger partial charge in [0.2, 0.25) is 5.91 Å². The average molecular weight is 387 g/mol. The molecule has 5 nitrogen and oxygen atoms in total. The number of rotatable bonds is 4. The van der Waals surface area contributed by atoms with E-state index in [-0.39, 0.29) is 11.9 Å². The Hall–Kier alpha value is -0.980. The summed E-state index contributed by atoms with van der Waals surface area (Å²) in [6, 6.07) is 1.89. The standard InChI is InChI=1S/C16H20Cl2N4OS/c1-9-4-3-5-13(10(9)2)19-14(23)8-24-16-21-20-15-12(18)6-11(17)7-22(15)16/h6-7,9-10,13H,3-5,8H2,1-2H3,(H,19,23)/t9-,10-,13+/m1/s1. The SMILES string of the molecule is C[C@@H]1[C@H](C)CCC[C@@H]1NC(=O)CSc1nnc2c(Cl)cc(Cl)cn12. The van der Waals surface area contributed by atoms with E-state index in [0.29, 0.717) is 38.4 Å². The molecule has 0 radical (unpaired) electrons. The molecule has 2 heterocycles. The number of aromatic nitrogens is 3. The van der Waals surface area contributed by atoms with Crippen molar-refractivity contribution in [2.24, 2.45) is 11.8 Å². The number of hydrogen-bond acceptors (Lipinski definition) is 4. The minimum atomic E-state index is 0.0239. The molecule has 3 rings (SSSR count). The van der Waals surface area contributed by atoms with E-state index in [4.69, 9.17) is 23.2 Å². The summed E-state index contributed by atoms with van der Waals surface area (Å²) in [6.45, 7) is 4.48. The minimum absolute atomic E-state index is 0.0239. The monoisotopic (exact) mass is 386 g/mol. The molecule has 1 amide bonds. The van der Waals surface area contributed by atoms with Crippen molar-refractivity contribution in [3.05, 3.63) is 22.3 Å². The largest absolute Gasteiger partial charge is 0.352 e. The van der Waals surface area contributed by atoms with Gasteiger partial charge in [-0.3, -0.25) is 9.20 Å². The van der Waals surface area contributed by atoms with Gasteiger partial charge < -0.3 is 5.32 Å². The van der Waals surface area contributed by atoms with Gasteiger partial charge in [0.25, 0.3) is 0 Å². The molecule has 0 aromatic carbocycles. The van der Waals surface area contributed by atoms with Crippen molar-refractivity contribution in [2.45, 2.75) is 44.3 Å². The maximum Gasteiger partial charge on any atom is 0.230 e. The van der Waals surface area contributed by atoms with E-state index >= 15 is 0 Å². The number of thioether (sulfide) groups is 1. The molecule has 0 spiro atoms. The van der Waals surface area contributed by atoms with Crippen molar-refractivity contribution >= 4 is 46.5 Å². The van der Waals surface area contributed by atoms with Gasteiger partial charge in [0.1, 0.15) is 0 Å². The number of nitrogens with zero attached hydrogens (tertiary/aromatic N) is 3. The Morgan fingerprint density at radius 3 is 2.96 bits per heavy atom. The highest BCUT2D eigenvalue weighted by molar-refractivity contribution is 7.99. The number of pyridine rings is 1. The van der Waals surface area contributed by atoms with Crippen LogP contribution in [0, 0.1) is 11.8 Å². The topological polar surface area (TPSA) is 59.3 Å². The normalized spacial score (nSPS) is 24.2. The molecule has 130 valence electrons. The lowest BCUT2D eigenvalue weighted by atomic mass is 9.78. The first-order valence-corrected chi connectivity index (χ1v) is 9.82. The Morgan fingerprint density at radius 2 is 2.17 bits per heavy atom. The third kappa shape index (κ3) is 3.81. The lowest BCUT2D eigenvalue weighted by Crippen LogP contribution is -2.44. The molecule has 2 aromatic heterocycles. The summed E-state index contributed by atoms with van der Waals surface area (Å²) < 4.78 is 1.72.